The molecule has 2 aromatic rings. The van der Waals surface area contributed by atoms with E-state index in [-0.39, 0.29) is 11.9 Å². The smallest absolute Gasteiger partial charge is 0.174 e. The van der Waals surface area contributed by atoms with E-state index < -0.39 is 0 Å². The first-order valence-electron chi connectivity index (χ1n) is 7.09. The Bertz CT molecular complexity index is 653. The Balaban J connectivity index is 1.80. The molecule has 1 aliphatic heterocycles. The number of thiocarbonyl (C=S) groups is 1. The van der Waals surface area contributed by atoms with E-state index in [0.29, 0.717) is 10.8 Å². The fourth-order valence-electron chi connectivity index (χ4n) is 2.83. The molecule has 0 saturated heterocycles. The van der Waals surface area contributed by atoms with Crippen LogP contribution in [0.25, 0.3) is 0 Å². The Morgan fingerprint density at radius 3 is 3.00 bits per heavy atom. The number of rotatable bonds is 2. The maximum Gasteiger partial charge on any atom is 0.174 e. The predicted molar refractivity (Wildman–Crippen MR) is 90.4 cm³/mol. The van der Waals surface area contributed by atoms with Crippen molar-refractivity contribution in [1.82, 2.24) is 4.90 Å². The number of nitrogens with zero attached hydrogens (tertiary/aromatic N) is 1. The molecule has 0 radical (unpaired) electrons. The van der Waals surface area contributed by atoms with Crippen molar-refractivity contribution in [3.8, 4) is 0 Å². The van der Waals surface area contributed by atoms with Crippen LogP contribution in [0.2, 0.25) is 0 Å². The number of halogens is 1. The highest BCUT2D eigenvalue weighted by Crippen LogP contribution is 2.35. The van der Waals surface area contributed by atoms with Crippen molar-refractivity contribution in [3.05, 3.63) is 52.0 Å². The molecule has 0 bridgehead atoms. The van der Waals surface area contributed by atoms with Crippen LogP contribution in [0.5, 0.6) is 0 Å². The van der Waals surface area contributed by atoms with Gasteiger partial charge in [0.1, 0.15) is 5.82 Å². The van der Waals surface area contributed by atoms with E-state index in [1.807, 2.05) is 11.3 Å². The Labute approximate surface area is 133 Å². The van der Waals surface area contributed by atoms with E-state index in [0.717, 1.165) is 19.4 Å². The van der Waals surface area contributed by atoms with Crippen LogP contribution in [0.15, 0.2) is 35.7 Å². The van der Waals surface area contributed by atoms with E-state index in [9.17, 15) is 4.39 Å². The SMILES string of the molecule is CC[C@@H]1c2ccsc2CCN1C(=S)Nc1ccccc1F. The van der Waals surface area contributed by atoms with Gasteiger partial charge in [0.05, 0.1) is 11.7 Å². The van der Waals surface area contributed by atoms with Crippen molar-refractivity contribution in [3.63, 3.8) is 0 Å². The Hall–Kier alpha value is -1.46. The Morgan fingerprint density at radius 2 is 2.24 bits per heavy atom. The van der Waals surface area contributed by atoms with Crippen molar-refractivity contribution in [2.75, 3.05) is 11.9 Å². The molecule has 0 saturated carbocycles. The van der Waals surface area contributed by atoms with Gasteiger partial charge in [-0.1, -0.05) is 19.1 Å². The molecule has 5 heteroatoms. The van der Waals surface area contributed by atoms with Gasteiger partial charge in [0.25, 0.3) is 0 Å². The molecule has 1 atom stereocenters. The quantitative estimate of drug-likeness (QED) is 0.815. The van der Waals surface area contributed by atoms with Gasteiger partial charge in [0.2, 0.25) is 0 Å². The highest BCUT2D eigenvalue weighted by atomic mass is 32.1. The highest BCUT2D eigenvalue weighted by molar-refractivity contribution is 7.80. The van der Waals surface area contributed by atoms with Gasteiger partial charge in [-0.05, 0) is 54.2 Å². The summed E-state index contributed by atoms with van der Waals surface area (Å²) in [7, 11) is 0. The lowest BCUT2D eigenvalue weighted by Crippen LogP contribution is -2.41. The van der Waals surface area contributed by atoms with Crippen molar-refractivity contribution in [2.45, 2.75) is 25.8 Å². The molecular formula is C16H17FN2S2. The zero-order valence-electron chi connectivity index (χ0n) is 11.8. The van der Waals surface area contributed by atoms with Crippen LogP contribution in [-0.2, 0) is 6.42 Å². The third-order valence-electron chi connectivity index (χ3n) is 3.86. The van der Waals surface area contributed by atoms with Crippen LogP contribution in [0.3, 0.4) is 0 Å². The summed E-state index contributed by atoms with van der Waals surface area (Å²) >= 11 is 7.33. The fraction of sp³-hybridized carbons (Fsp3) is 0.312. The summed E-state index contributed by atoms with van der Waals surface area (Å²) in [5, 5.41) is 5.80. The lowest BCUT2D eigenvalue weighted by Gasteiger charge is -2.37. The summed E-state index contributed by atoms with van der Waals surface area (Å²) in [4.78, 5) is 3.63. The molecule has 0 unspecified atom stereocenters. The molecule has 110 valence electrons. The molecule has 21 heavy (non-hydrogen) atoms. The minimum absolute atomic E-state index is 0.277. The van der Waals surface area contributed by atoms with Gasteiger partial charge in [-0.3, -0.25) is 0 Å². The van der Waals surface area contributed by atoms with E-state index in [4.69, 9.17) is 12.2 Å². The molecule has 2 heterocycles. The Morgan fingerprint density at radius 1 is 1.43 bits per heavy atom. The zero-order chi connectivity index (χ0) is 14.8. The monoisotopic (exact) mass is 320 g/mol. The van der Waals surface area contributed by atoms with Gasteiger partial charge < -0.3 is 10.2 Å². The number of hydrogen-bond donors (Lipinski definition) is 1. The van der Waals surface area contributed by atoms with Gasteiger partial charge in [-0.15, -0.1) is 11.3 Å². The summed E-state index contributed by atoms with van der Waals surface area (Å²) in [5.41, 5.74) is 1.81. The van der Waals surface area contributed by atoms with Crippen LogP contribution in [0, 0.1) is 5.82 Å². The van der Waals surface area contributed by atoms with Crippen LogP contribution in [-0.4, -0.2) is 16.6 Å². The minimum atomic E-state index is -0.277. The minimum Gasteiger partial charge on any atom is -0.342 e. The molecule has 1 N–H and O–H groups in total. The molecule has 1 aromatic heterocycles. The third-order valence-corrected chi connectivity index (χ3v) is 5.19. The molecule has 0 spiro atoms. The van der Waals surface area contributed by atoms with Crippen molar-refractivity contribution in [2.24, 2.45) is 0 Å². The second-order valence-electron chi connectivity index (χ2n) is 5.08. The largest absolute Gasteiger partial charge is 0.342 e. The maximum atomic E-state index is 13.7. The van der Waals surface area contributed by atoms with Crippen molar-refractivity contribution < 1.29 is 4.39 Å². The average Bonchev–Trinajstić information content (AvgIpc) is 2.97. The molecule has 1 aromatic carbocycles. The van der Waals surface area contributed by atoms with Gasteiger partial charge in [0, 0.05) is 11.4 Å². The van der Waals surface area contributed by atoms with Crippen LogP contribution >= 0.6 is 23.6 Å². The third kappa shape index (κ3) is 2.80. The topological polar surface area (TPSA) is 15.3 Å². The summed E-state index contributed by atoms with van der Waals surface area (Å²) in [6.45, 7) is 3.04. The summed E-state index contributed by atoms with van der Waals surface area (Å²) in [6, 6.07) is 9.10. The van der Waals surface area contributed by atoms with E-state index >= 15 is 0 Å². The van der Waals surface area contributed by atoms with Gasteiger partial charge in [0.15, 0.2) is 5.11 Å². The second kappa shape index (κ2) is 6.12. The standard InChI is InChI=1S/C16H17FN2S2/c1-2-14-11-8-10-21-15(11)7-9-19(14)16(20)18-13-6-4-3-5-12(13)17/h3-6,8,10,14H,2,7,9H2,1H3,(H,18,20)/t14-/m1/s1. The van der Waals surface area contributed by atoms with E-state index in [1.165, 1.54) is 16.5 Å². The number of fused-ring (bicyclic) bond motifs is 1. The summed E-state index contributed by atoms with van der Waals surface area (Å²) in [6.07, 6.45) is 1.99. The lowest BCUT2D eigenvalue weighted by atomic mass is 9.98. The number of thiophene rings is 1. The molecule has 0 amide bonds. The second-order valence-corrected chi connectivity index (χ2v) is 6.46. The predicted octanol–water partition coefficient (Wildman–Crippen LogP) is 4.59. The average molecular weight is 320 g/mol. The molecular weight excluding hydrogens is 303 g/mol. The first-order valence-corrected chi connectivity index (χ1v) is 8.38. The van der Waals surface area contributed by atoms with E-state index in [2.05, 4.69) is 28.6 Å². The summed E-state index contributed by atoms with van der Waals surface area (Å²) < 4.78 is 13.7. The number of benzene rings is 1. The number of para-hydroxylation sites is 1. The molecule has 2 nitrogen and oxygen atoms in total. The van der Waals surface area contributed by atoms with Crippen molar-refractivity contribution >= 4 is 34.4 Å². The van der Waals surface area contributed by atoms with Crippen LogP contribution in [0.4, 0.5) is 10.1 Å². The van der Waals surface area contributed by atoms with Gasteiger partial charge >= 0.3 is 0 Å². The Kier molecular flexibility index (Phi) is 4.22. The maximum absolute atomic E-state index is 13.7. The number of hydrogen-bond acceptors (Lipinski definition) is 2. The van der Waals surface area contributed by atoms with Gasteiger partial charge in [-0.2, -0.15) is 0 Å². The summed E-state index contributed by atoms with van der Waals surface area (Å²) in [5.74, 6) is -0.277. The first-order chi connectivity index (χ1) is 10.2. The molecule has 0 aliphatic carbocycles. The zero-order valence-corrected chi connectivity index (χ0v) is 13.4. The van der Waals surface area contributed by atoms with Crippen LogP contribution in [0.1, 0.15) is 29.8 Å². The number of nitrogens with one attached hydrogen (secondary N) is 1. The lowest BCUT2D eigenvalue weighted by molar-refractivity contribution is 0.298. The van der Waals surface area contributed by atoms with Gasteiger partial charge in [-0.25, -0.2) is 4.39 Å². The fourth-order valence-corrected chi connectivity index (χ4v) is 4.09. The highest BCUT2D eigenvalue weighted by Gasteiger charge is 2.28. The number of anilines is 1. The molecule has 3 rings (SSSR count). The van der Waals surface area contributed by atoms with E-state index in [1.54, 1.807) is 18.2 Å². The molecule has 1 aliphatic rings. The first kappa shape index (κ1) is 14.5. The normalized spacial score (nSPS) is 17.4. The van der Waals surface area contributed by atoms with Crippen molar-refractivity contribution in [1.29, 1.82) is 0 Å². The molecule has 0 fully saturated rings. The van der Waals surface area contributed by atoms with Crippen LogP contribution < -0.4 is 5.32 Å².